The molecule has 0 spiro atoms. The average molecular weight is 584 g/mol. The van der Waals surface area contributed by atoms with Crippen LogP contribution in [0.25, 0.3) is 22.1 Å². The van der Waals surface area contributed by atoms with Gasteiger partial charge in [-0.3, -0.25) is 9.59 Å². The minimum absolute atomic E-state index is 0.0462. The molecule has 10 heteroatoms. The second-order valence-electron chi connectivity index (χ2n) is 10.3. The number of nitrogens with one attached hydrogen (secondary N) is 1. The summed E-state index contributed by atoms with van der Waals surface area (Å²) in [5.41, 5.74) is 0.759. The molecule has 4 rings (SSSR count). The van der Waals surface area contributed by atoms with E-state index in [9.17, 15) is 22.8 Å². The summed E-state index contributed by atoms with van der Waals surface area (Å²) in [5.74, 6) is -1.07. The molecule has 1 N–H and O–H groups in total. The summed E-state index contributed by atoms with van der Waals surface area (Å²) >= 11 is 0. The maximum atomic E-state index is 14.1. The molecule has 0 aliphatic carbocycles. The third kappa shape index (κ3) is 6.22. The zero-order chi connectivity index (χ0) is 30.8. The van der Waals surface area contributed by atoms with Crippen molar-refractivity contribution >= 4 is 22.6 Å². The van der Waals surface area contributed by atoms with Gasteiger partial charge in [-0.05, 0) is 52.8 Å². The monoisotopic (exact) mass is 583 g/mol. The van der Waals surface area contributed by atoms with Gasteiger partial charge in [-0.1, -0.05) is 52.0 Å². The molecule has 0 unspecified atom stereocenters. The van der Waals surface area contributed by atoms with Gasteiger partial charge in [0.2, 0.25) is 11.2 Å². The van der Waals surface area contributed by atoms with E-state index < -0.39 is 35.4 Å². The number of carbonyl (C=O) groups is 1. The van der Waals surface area contributed by atoms with E-state index in [0.717, 1.165) is 16.8 Å². The van der Waals surface area contributed by atoms with Gasteiger partial charge in [0.25, 0.3) is 5.91 Å². The van der Waals surface area contributed by atoms with E-state index in [0.29, 0.717) is 5.75 Å². The number of alkyl halides is 3. The van der Waals surface area contributed by atoms with Crippen LogP contribution in [0.1, 0.15) is 56.4 Å². The van der Waals surface area contributed by atoms with Crippen molar-refractivity contribution in [3.63, 3.8) is 0 Å². The Labute approximate surface area is 241 Å². The molecule has 0 aliphatic heterocycles. The summed E-state index contributed by atoms with van der Waals surface area (Å²) in [5, 5.41) is 2.84. The molecule has 0 atom stereocenters. The van der Waals surface area contributed by atoms with Gasteiger partial charge in [-0.2, -0.15) is 13.2 Å². The van der Waals surface area contributed by atoms with E-state index in [1.165, 1.54) is 50.6 Å². The number of amides is 1. The minimum atomic E-state index is -4.98. The number of hydrogen-bond donors (Lipinski definition) is 1. The number of hydrogen-bond acceptors (Lipinski definition) is 6. The highest BCUT2D eigenvalue weighted by molar-refractivity contribution is 5.94. The van der Waals surface area contributed by atoms with Crippen LogP contribution < -0.4 is 25.0 Å². The molecule has 3 aromatic carbocycles. The SMILES string of the molecule is COc1ccc(-c2c(C(F)(F)F)oc3cc(OCC(=O)Nc4c(C(C)C)cccc4C(C)C)ccc3c2=O)cc1OC. The summed E-state index contributed by atoms with van der Waals surface area (Å²) in [6, 6.07) is 13.7. The molecule has 42 heavy (non-hydrogen) atoms. The molecule has 0 aliphatic rings. The second-order valence-corrected chi connectivity index (χ2v) is 10.3. The predicted octanol–water partition coefficient (Wildman–Crippen LogP) is 7.76. The first-order valence-electron chi connectivity index (χ1n) is 13.3. The fourth-order valence-corrected chi connectivity index (χ4v) is 4.74. The quantitative estimate of drug-likeness (QED) is 0.217. The van der Waals surface area contributed by atoms with Crippen molar-refractivity contribution in [2.24, 2.45) is 0 Å². The van der Waals surface area contributed by atoms with Crippen molar-refractivity contribution in [2.45, 2.75) is 45.7 Å². The van der Waals surface area contributed by atoms with Crippen molar-refractivity contribution in [1.29, 1.82) is 0 Å². The average Bonchev–Trinajstić information content (AvgIpc) is 2.94. The topological polar surface area (TPSA) is 87.0 Å². The first-order valence-corrected chi connectivity index (χ1v) is 13.3. The molecule has 0 fully saturated rings. The van der Waals surface area contributed by atoms with E-state index >= 15 is 0 Å². The van der Waals surface area contributed by atoms with Crippen molar-refractivity contribution in [1.82, 2.24) is 0 Å². The number of rotatable bonds is 9. The van der Waals surface area contributed by atoms with Crippen molar-refractivity contribution in [2.75, 3.05) is 26.1 Å². The number of carbonyl (C=O) groups excluding carboxylic acids is 1. The Morgan fingerprint density at radius 1 is 0.905 bits per heavy atom. The molecule has 7 nitrogen and oxygen atoms in total. The number of para-hydroxylation sites is 1. The Bertz CT molecular complexity index is 1650. The number of benzene rings is 3. The summed E-state index contributed by atoms with van der Waals surface area (Å²) in [7, 11) is 2.73. The Balaban J connectivity index is 1.66. The lowest BCUT2D eigenvalue weighted by atomic mass is 9.92. The number of halogens is 3. The first kappa shape index (κ1) is 30.5. The highest BCUT2D eigenvalue weighted by Crippen LogP contribution is 2.40. The lowest BCUT2D eigenvalue weighted by Crippen LogP contribution is -2.22. The molecular formula is C32H32F3NO6. The van der Waals surface area contributed by atoms with Crippen LogP contribution >= 0.6 is 0 Å². The maximum absolute atomic E-state index is 14.1. The van der Waals surface area contributed by atoms with E-state index in [1.807, 2.05) is 45.9 Å². The van der Waals surface area contributed by atoms with E-state index in [1.54, 1.807) is 0 Å². The molecule has 4 aromatic rings. The van der Waals surface area contributed by atoms with E-state index in [2.05, 4.69) is 5.32 Å². The van der Waals surface area contributed by atoms with Gasteiger partial charge in [-0.15, -0.1) is 0 Å². The van der Waals surface area contributed by atoms with Gasteiger partial charge in [-0.25, -0.2) is 0 Å². The Kier molecular flexibility index (Phi) is 8.84. The smallest absolute Gasteiger partial charge is 0.450 e. The second kappa shape index (κ2) is 12.2. The maximum Gasteiger partial charge on any atom is 0.450 e. The Morgan fingerprint density at radius 3 is 2.12 bits per heavy atom. The molecule has 1 amide bonds. The van der Waals surface area contributed by atoms with Gasteiger partial charge in [0.05, 0.1) is 25.2 Å². The number of ether oxygens (including phenoxy) is 3. The van der Waals surface area contributed by atoms with Gasteiger partial charge in [0.15, 0.2) is 18.1 Å². The van der Waals surface area contributed by atoms with Gasteiger partial charge in [0, 0.05) is 11.8 Å². The largest absolute Gasteiger partial charge is 0.493 e. The zero-order valence-electron chi connectivity index (χ0n) is 24.1. The third-order valence-corrected chi connectivity index (χ3v) is 6.80. The molecule has 0 saturated heterocycles. The van der Waals surface area contributed by atoms with Crippen molar-refractivity contribution < 1.29 is 36.6 Å². The van der Waals surface area contributed by atoms with Crippen LogP contribution in [-0.2, 0) is 11.0 Å². The van der Waals surface area contributed by atoms with Crippen LogP contribution in [0.3, 0.4) is 0 Å². The number of methoxy groups -OCH3 is 2. The summed E-state index contributed by atoms with van der Waals surface area (Å²) < 4.78 is 63.6. The normalized spacial score (nSPS) is 11.7. The van der Waals surface area contributed by atoms with Crippen LogP contribution in [-0.4, -0.2) is 26.7 Å². The molecule has 0 radical (unpaired) electrons. The number of fused-ring (bicyclic) bond motifs is 1. The van der Waals surface area contributed by atoms with E-state index in [-0.39, 0.29) is 39.9 Å². The highest BCUT2D eigenvalue weighted by Gasteiger charge is 2.39. The Hall–Kier alpha value is -4.47. The summed E-state index contributed by atoms with van der Waals surface area (Å²) in [6.07, 6.45) is -4.98. The fraction of sp³-hybridized carbons (Fsp3) is 0.312. The van der Waals surface area contributed by atoms with Gasteiger partial charge < -0.3 is 23.9 Å². The summed E-state index contributed by atoms with van der Waals surface area (Å²) in [6.45, 7) is 7.70. The Morgan fingerprint density at radius 2 is 1.55 bits per heavy atom. The minimum Gasteiger partial charge on any atom is -0.493 e. The standard InChI is InChI=1S/C32H32F3NO6/c1-17(2)21-8-7-9-22(18(3)4)29(21)36-27(37)16-41-20-11-12-23-25(15-20)42-31(32(33,34)35)28(30(23)38)19-10-13-24(39-5)26(14-19)40-6/h7-15,17-18H,16H2,1-6H3,(H,36,37). The summed E-state index contributed by atoms with van der Waals surface area (Å²) in [4.78, 5) is 26.2. The molecule has 1 heterocycles. The molecule has 1 aromatic heterocycles. The number of anilines is 1. The zero-order valence-corrected chi connectivity index (χ0v) is 24.1. The molecule has 222 valence electrons. The van der Waals surface area contributed by atoms with E-state index in [4.69, 9.17) is 18.6 Å². The molecule has 0 saturated carbocycles. The molecule has 0 bridgehead atoms. The van der Waals surface area contributed by atoms with Gasteiger partial charge >= 0.3 is 6.18 Å². The lowest BCUT2D eigenvalue weighted by molar-refractivity contribution is -0.152. The van der Waals surface area contributed by atoms with Crippen molar-refractivity contribution in [3.05, 3.63) is 81.7 Å². The van der Waals surface area contributed by atoms with Crippen LogP contribution in [0, 0.1) is 0 Å². The first-order chi connectivity index (χ1) is 19.8. The lowest BCUT2D eigenvalue weighted by Gasteiger charge is -2.20. The third-order valence-electron chi connectivity index (χ3n) is 6.80. The molecular weight excluding hydrogens is 551 g/mol. The van der Waals surface area contributed by atoms with Crippen LogP contribution in [0.5, 0.6) is 17.2 Å². The van der Waals surface area contributed by atoms with Crippen LogP contribution in [0.4, 0.5) is 18.9 Å². The predicted molar refractivity (Wildman–Crippen MR) is 155 cm³/mol. The van der Waals surface area contributed by atoms with Gasteiger partial charge in [0.1, 0.15) is 11.3 Å². The fourth-order valence-electron chi connectivity index (χ4n) is 4.74. The van der Waals surface area contributed by atoms with Crippen LogP contribution in [0.2, 0.25) is 0 Å². The highest BCUT2D eigenvalue weighted by atomic mass is 19.4. The van der Waals surface area contributed by atoms with Crippen molar-refractivity contribution in [3.8, 4) is 28.4 Å². The van der Waals surface area contributed by atoms with Crippen LogP contribution in [0.15, 0.2) is 63.8 Å².